The van der Waals surface area contributed by atoms with Crippen molar-refractivity contribution in [3.8, 4) is 6.07 Å². The van der Waals surface area contributed by atoms with E-state index >= 15 is 0 Å². The first-order chi connectivity index (χ1) is 10.0. The van der Waals surface area contributed by atoms with Gasteiger partial charge in [0.05, 0.1) is 6.07 Å². The molecule has 1 unspecified atom stereocenters. The Morgan fingerprint density at radius 3 is 2.71 bits per heavy atom. The van der Waals surface area contributed by atoms with Crippen LogP contribution in [0.2, 0.25) is 0 Å². The molecule has 1 aliphatic rings. The summed E-state index contributed by atoms with van der Waals surface area (Å²) in [5, 5.41) is 8.59. The summed E-state index contributed by atoms with van der Waals surface area (Å²) in [4.78, 5) is 3.32. The van der Waals surface area contributed by atoms with E-state index in [-0.39, 0.29) is 0 Å². The number of nitrogens with one attached hydrogen (secondary N) is 1. The summed E-state index contributed by atoms with van der Waals surface area (Å²) < 4.78 is 0.739. The van der Waals surface area contributed by atoms with Gasteiger partial charge in [0.2, 0.25) is 0 Å². The molecule has 21 heavy (non-hydrogen) atoms. The number of aromatic nitrogens is 1. The highest BCUT2D eigenvalue weighted by Gasteiger charge is 2.21. The third-order valence-electron chi connectivity index (χ3n) is 3.77. The quantitative estimate of drug-likeness (QED) is 0.582. The average molecular weight is 302 g/mol. The topological polar surface area (TPSA) is 39.6 Å². The number of nitriles is 1. The first kappa shape index (κ1) is 17.7. The molecular weight excluding hydrogens is 276 g/mol. The van der Waals surface area contributed by atoms with Crippen LogP contribution in [-0.2, 0) is 12.8 Å². The van der Waals surface area contributed by atoms with Crippen molar-refractivity contribution in [3.05, 3.63) is 33.6 Å². The Morgan fingerprint density at radius 1 is 1.48 bits per heavy atom. The predicted octanol–water partition coefficient (Wildman–Crippen LogP) is 5.46. The van der Waals surface area contributed by atoms with E-state index in [2.05, 4.69) is 38.7 Å². The second-order valence-corrected chi connectivity index (χ2v) is 6.38. The van der Waals surface area contributed by atoms with Gasteiger partial charge in [-0.25, -0.2) is 0 Å². The zero-order valence-corrected chi connectivity index (χ0v) is 14.4. The van der Waals surface area contributed by atoms with Crippen LogP contribution in [-0.4, -0.2) is 4.98 Å². The number of nitrogens with zero attached hydrogens (tertiary/aromatic N) is 1. The molecule has 0 aliphatic heterocycles. The van der Waals surface area contributed by atoms with Crippen molar-refractivity contribution in [2.24, 2.45) is 11.8 Å². The zero-order chi connectivity index (χ0) is 15.8. The van der Waals surface area contributed by atoms with Gasteiger partial charge in [-0.15, -0.1) is 0 Å². The average Bonchev–Trinajstić information content (AvgIpc) is 2.45. The van der Waals surface area contributed by atoms with Gasteiger partial charge in [-0.05, 0) is 48.8 Å². The largest absolute Gasteiger partial charge is 0.349 e. The molecule has 1 N–H and O–H groups in total. The number of pyridine rings is 1. The first-order valence-electron chi connectivity index (χ1n) is 7.84. The molecule has 1 atom stereocenters. The van der Waals surface area contributed by atoms with Gasteiger partial charge in [0.15, 0.2) is 0 Å². The summed E-state index contributed by atoms with van der Waals surface area (Å²) in [5.74, 6) is 1.48. The molecule has 1 aliphatic carbocycles. The Kier molecular flexibility index (Phi) is 7.39. The minimum atomic E-state index is 0.722. The highest BCUT2D eigenvalue weighted by Crippen LogP contribution is 2.30. The van der Waals surface area contributed by atoms with Gasteiger partial charge in [-0.3, -0.25) is 0 Å². The third kappa shape index (κ3) is 5.13. The third-order valence-corrected chi connectivity index (χ3v) is 4.11. The molecule has 0 bridgehead atoms. The van der Waals surface area contributed by atoms with E-state index in [1.54, 1.807) is 6.08 Å². The van der Waals surface area contributed by atoms with Crippen molar-refractivity contribution in [2.75, 3.05) is 0 Å². The Hall–Kier alpha value is -1.40. The highest BCUT2D eigenvalue weighted by atomic mass is 32.1. The molecule has 2 rings (SSSR count). The minimum absolute atomic E-state index is 0.722. The van der Waals surface area contributed by atoms with Gasteiger partial charge in [0.1, 0.15) is 4.64 Å². The van der Waals surface area contributed by atoms with Crippen molar-refractivity contribution in [3.63, 3.8) is 0 Å². The van der Waals surface area contributed by atoms with Crippen LogP contribution in [0.5, 0.6) is 0 Å². The maximum absolute atomic E-state index is 8.59. The van der Waals surface area contributed by atoms with E-state index < -0.39 is 0 Å². The van der Waals surface area contributed by atoms with Gasteiger partial charge >= 0.3 is 0 Å². The molecule has 3 heteroatoms. The summed E-state index contributed by atoms with van der Waals surface area (Å²) in [5.41, 5.74) is 3.60. The van der Waals surface area contributed by atoms with Gasteiger partial charge < -0.3 is 4.98 Å². The number of hydrogen-bond donors (Lipinski definition) is 1. The molecule has 0 fully saturated rings. The van der Waals surface area contributed by atoms with Crippen LogP contribution in [0.15, 0.2) is 12.1 Å². The smallest absolute Gasteiger partial charge is 0.110 e. The summed E-state index contributed by atoms with van der Waals surface area (Å²) in [6, 6.07) is 4.16. The van der Waals surface area contributed by atoms with Crippen LogP contribution in [0.4, 0.5) is 0 Å². The lowest BCUT2D eigenvalue weighted by atomic mass is 9.80. The van der Waals surface area contributed by atoms with E-state index in [4.69, 9.17) is 17.5 Å². The molecule has 0 saturated heterocycles. The fourth-order valence-electron chi connectivity index (χ4n) is 2.57. The van der Waals surface area contributed by atoms with E-state index in [1.807, 2.05) is 6.07 Å². The molecule has 0 saturated carbocycles. The van der Waals surface area contributed by atoms with Gasteiger partial charge in [0, 0.05) is 17.3 Å². The SMILES string of the molecule is CC(C)C1CCc2[nH]c(=S)c(/C=C/C#N)cc2C1.CCC. The van der Waals surface area contributed by atoms with E-state index in [0.29, 0.717) is 0 Å². The maximum atomic E-state index is 8.59. The minimum Gasteiger partial charge on any atom is -0.349 e. The Labute approximate surface area is 133 Å². The number of aromatic amines is 1. The van der Waals surface area contributed by atoms with Crippen LogP contribution in [0.25, 0.3) is 6.08 Å². The van der Waals surface area contributed by atoms with Crippen LogP contribution in [0, 0.1) is 27.8 Å². The molecule has 1 aromatic heterocycles. The van der Waals surface area contributed by atoms with Crippen molar-refractivity contribution < 1.29 is 0 Å². The van der Waals surface area contributed by atoms with Crippen molar-refractivity contribution in [1.29, 1.82) is 5.26 Å². The summed E-state index contributed by atoms with van der Waals surface area (Å²) in [6.45, 7) is 8.83. The van der Waals surface area contributed by atoms with Crippen molar-refractivity contribution in [1.82, 2.24) is 4.98 Å². The zero-order valence-electron chi connectivity index (χ0n) is 13.6. The van der Waals surface area contributed by atoms with Gasteiger partial charge in [0.25, 0.3) is 0 Å². The summed E-state index contributed by atoms with van der Waals surface area (Å²) in [6.07, 6.45) is 7.96. The number of allylic oxidation sites excluding steroid dienone is 1. The second-order valence-electron chi connectivity index (χ2n) is 5.97. The van der Waals surface area contributed by atoms with Crippen LogP contribution < -0.4 is 0 Å². The van der Waals surface area contributed by atoms with E-state index in [9.17, 15) is 0 Å². The lowest BCUT2D eigenvalue weighted by molar-refractivity contribution is 0.340. The molecule has 0 radical (unpaired) electrons. The maximum Gasteiger partial charge on any atom is 0.110 e. The second kappa shape index (κ2) is 8.79. The van der Waals surface area contributed by atoms with Gasteiger partial charge in [-0.2, -0.15) is 5.26 Å². The summed E-state index contributed by atoms with van der Waals surface area (Å²) >= 11 is 5.32. The Bertz CT molecular complexity index is 576. The van der Waals surface area contributed by atoms with Crippen LogP contribution >= 0.6 is 12.2 Å². The Balaban J connectivity index is 0.000000677. The van der Waals surface area contributed by atoms with Crippen molar-refractivity contribution in [2.45, 2.75) is 53.4 Å². The van der Waals surface area contributed by atoms with Crippen LogP contribution in [0.3, 0.4) is 0 Å². The normalized spacial score (nSPS) is 17.0. The number of aryl methyl sites for hydroxylation is 1. The molecule has 0 amide bonds. The molecule has 0 spiro atoms. The summed E-state index contributed by atoms with van der Waals surface area (Å²) in [7, 11) is 0. The molecule has 1 heterocycles. The first-order valence-corrected chi connectivity index (χ1v) is 8.25. The van der Waals surface area contributed by atoms with Crippen LogP contribution in [0.1, 0.15) is 57.4 Å². The predicted molar refractivity (Wildman–Crippen MR) is 92.6 cm³/mol. The fraction of sp³-hybridized carbons (Fsp3) is 0.556. The van der Waals surface area contributed by atoms with E-state index in [0.717, 1.165) is 34.9 Å². The van der Waals surface area contributed by atoms with Gasteiger partial charge in [-0.1, -0.05) is 46.3 Å². The molecule has 1 aromatic rings. The number of H-pyrrole nitrogens is 1. The fourth-order valence-corrected chi connectivity index (χ4v) is 2.82. The number of fused-ring (bicyclic) bond motifs is 1. The molecule has 0 aromatic carbocycles. The monoisotopic (exact) mass is 302 g/mol. The standard InChI is InChI=1S/C15H18N2S.C3H8/c1-10(2)11-5-6-14-13(8-11)9-12(4-3-7-16)15(18)17-14;1-3-2/h3-4,9-11H,5-6,8H2,1-2H3,(H,17,18);3H2,1-2H3/b4-3+;. The molecular formula is C18H26N2S. The highest BCUT2D eigenvalue weighted by molar-refractivity contribution is 7.71. The lowest BCUT2D eigenvalue weighted by Crippen LogP contribution is -2.20. The molecule has 2 nitrogen and oxygen atoms in total. The van der Waals surface area contributed by atoms with Crippen molar-refractivity contribution >= 4 is 18.3 Å². The number of hydrogen-bond acceptors (Lipinski definition) is 2. The Morgan fingerprint density at radius 2 is 2.14 bits per heavy atom. The number of rotatable bonds is 2. The van der Waals surface area contributed by atoms with E-state index in [1.165, 1.54) is 30.2 Å². The molecule has 114 valence electrons. The lowest BCUT2D eigenvalue weighted by Gasteiger charge is -2.27.